The lowest BCUT2D eigenvalue weighted by atomic mass is 9.96. The van der Waals surface area contributed by atoms with Crippen molar-refractivity contribution in [3.05, 3.63) is 0 Å². The molecule has 1 aliphatic heterocycles. The molecule has 1 heterocycles. The van der Waals surface area contributed by atoms with E-state index in [1.807, 2.05) is 13.8 Å². The number of hydrogen-bond acceptors (Lipinski definition) is 4. The zero-order chi connectivity index (χ0) is 15.7. The van der Waals surface area contributed by atoms with Gasteiger partial charge in [-0.15, -0.1) is 0 Å². The van der Waals surface area contributed by atoms with Gasteiger partial charge in [0.1, 0.15) is 0 Å². The fourth-order valence-electron chi connectivity index (χ4n) is 2.61. The topological polar surface area (TPSA) is 78.5 Å². The minimum atomic E-state index is -3.26. The highest BCUT2D eigenvalue weighted by Gasteiger charge is 2.18. The number of nitrogens with zero attached hydrogens (tertiary/aromatic N) is 1. The zero-order valence-corrected chi connectivity index (χ0v) is 14.0. The van der Waals surface area contributed by atoms with E-state index >= 15 is 0 Å². The van der Waals surface area contributed by atoms with E-state index in [9.17, 15) is 13.2 Å². The summed E-state index contributed by atoms with van der Waals surface area (Å²) in [6.45, 7) is 7.34. The lowest BCUT2D eigenvalue weighted by Crippen LogP contribution is -2.35. The van der Waals surface area contributed by atoms with Crippen molar-refractivity contribution < 1.29 is 13.2 Å². The number of amides is 1. The quantitative estimate of drug-likeness (QED) is 0.651. The van der Waals surface area contributed by atoms with E-state index in [0.717, 1.165) is 25.9 Å². The molecule has 7 heteroatoms. The van der Waals surface area contributed by atoms with Crippen molar-refractivity contribution in [3.8, 4) is 0 Å². The van der Waals surface area contributed by atoms with Crippen molar-refractivity contribution in [2.45, 2.75) is 39.5 Å². The predicted molar refractivity (Wildman–Crippen MR) is 84.5 cm³/mol. The average Bonchev–Trinajstić information content (AvgIpc) is 2.47. The molecule has 0 aliphatic carbocycles. The van der Waals surface area contributed by atoms with E-state index in [2.05, 4.69) is 10.0 Å². The van der Waals surface area contributed by atoms with Gasteiger partial charge in [-0.2, -0.15) is 0 Å². The molecule has 21 heavy (non-hydrogen) atoms. The molecule has 0 saturated carbocycles. The van der Waals surface area contributed by atoms with Crippen LogP contribution >= 0.6 is 0 Å². The highest BCUT2D eigenvalue weighted by Crippen LogP contribution is 2.16. The Bertz CT molecular complexity index is 402. The third-order valence-corrected chi connectivity index (χ3v) is 5.45. The third kappa shape index (κ3) is 7.24. The van der Waals surface area contributed by atoms with Gasteiger partial charge in [-0.05, 0) is 52.1 Å². The molecule has 1 aliphatic rings. The van der Waals surface area contributed by atoms with Crippen LogP contribution in [-0.2, 0) is 14.8 Å². The van der Waals surface area contributed by atoms with Crippen LogP contribution in [0.1, 0.15) is 39.5 Å². The summed E-state index contributed by atoms with van der Waals surface area (Å²) in [7, 11) is -3.26. The molecule has 124 valence electrons. The molecule has 0 aromatic rings. The Hall–Kier alpha value is -0.660. The van der Waals surface area contributed by atoms with Gasteiger partial charge in [-0.25, -0.2) is 13.1 Å². The van der Waals surface area contributed by atoms with E-state index in [4.69, 9.17) is 0 Å². The van der Waals surface area contributed by atoms with Gasteiger partial charge >= 0.3 is 0 Å². The molecule has 0 radical (unpaired) electrons. The van der Waals surface area contributed by atoms with Gasteiger partial charge in [0.2, 0.25) is 15.9 Å². The van der Waals surface area contributed by atoms with Gasteiger partial charge in [0.05, 0.1) is 5.75 Å². The summed E-state index contributed by atoms with van der Waals surface area (Å²) in [5.41, 5.74) is 0. The van der Waals surface area contributed by atoms with Crippen LogP contribution in [0, 0.1) is 5.92 Å². The van der Waals surface area contributed by atoms with E-state index in [0.29, 0.717) is 25.4 Å². The standard InChI is InChI=1S/C14H29N3O3S/c1-3-17(4-2)14(18)7-11-16-21(19,20)12-8-13-5-9-15-10-6-13/h13,15-16H,3-12H2,1-2H3. The molecule has 1 rings (SSSR count). The van der Waals surface area contributed by atoms with Crippen molar-refractivity contribution in [1.82, 2.24) is 14.9 Å². The van der Waals surface area contributed by atoms with Crippen LogP contribution < -0.4 is 10.0 Å². The Morgan fingerprint density at radius 3 is 2.43 bits per heavy atom. The molecule has 6 nitrogen and oxygen atoms in total. The summed E-state index contributed by atoms with van der Waals surface area (Å²) < 4.78 is 26.4. The van der Waals surface area contributed by atoms with Crippen LogP contribution in [0.4, 0.5) is 0 Å². The molecule has 1 saturated heterocycles. The Morgan fingerprint density at radius 2 is 1.86 bits per heavy atom. The molecular formula is C14H29N3O3S. The van der Waals surface area contributed by atoms with Crippen molar-refractivity contribution in [3.63, 3.8) is 0 Å². The number of nitrogens with one attached hydrogen (secondary N) is 2. The molecule has 0 spiro atoms. The summed E-state index contributed by atoms with van der Waals surface area (Å²) in [4.78, 5) is 13.5. The van der Waals surface area contributed by atoms with Crippen molar-refractivity contribution in [2.75, 3.05) is 38.5 Å². The summed E-state index contributed by atoms with van der Waals surface area (Å²) in [5, 5.41) is 3.27. The summed E-state index contributed by atoms with van der Waals surface area (Å²) in [5.74, 6) is 0.665. The van der Waals surface area contributed by atoms with Gasteiger partial charge in [0.25, 0.3) is 0 Å². The van der Waals surface area contributed by atoms with Crippen molar-refractivity contribution >= 4 is 15.9 Å². The lowest BCUT2D eigenvalue weighted by Gasteiger charge is -2.22. The van der Waals surface area contributed by atoms with Gasteiger partial charge in [0, 0.05) is 26.1 Å². The second-order valence-corrected chi connectivity index (χ2v) is 7.44. The highest BCUT2D eigenvalue weighted by atomic mass is 32.2. The molecule has 0 aromatic heterocycles. The van der Waals surface area contributed by atoms with E-state index in [-0.39, 0.29) is 24.6 Å². The van der Waals surface area contributed by atoms with Crippen molar-refractivity contribution in [1.29, 1.82) is 0 Å². The van der Waals surface area contributed by atoms with E-state index < -0.39 is 10.0 Å². The summed E-state index contributed by atoms with van der Waals surface area (Å²) >= 11 is 0. The van der Waals surface area contributed by atoms with E-state index in [1.54, 1.807) is 4.90 Å². The number of carbonyl (C=O) groups is 1. The maximum Gasteiger partial charge on any atom is 0.223 e. The van der Waals surface area contributed by atoms with Crippen LogP contribution in [0.15, 0.2) is 0 Å². The van der Waals surface area contributed by atoms with Gasteiger partial charge in [0.15, 0.2) is 0 Å². The first-order chi connectivity index (χ1) is 9.98. The van der Waals surface area contributed by atoms with Crippen LogP contribution in [0.3, 0.4) is 0 Å². The number of piperidine rings is 1. The molecule has 0 unspecified atom stereocenters. The monoisotopic (exact) mass is 319 g/mol. The SMILES string of the molecule is CCN(CC)C(=O)CCNS(=O)(=O)CCC1CCNCC1. The molecule has 2 N–H and O–H groups in total. The zero-order valence-electron chi connectivity index (χ0n) is 13.2. The molecular weight excluding hydrogens is 290 g/mol. The number of hydrogen-bond donors (Lipinski definition) is 2. The van der Waals surface area contributed by atoms with Gasteiger partial charge in [-0.1, -0.05) is 0 Å². The fraction of sp³-hybridized carbons (Fsp3) is 0.929. The normalized spacial score (nSPS) is 16.9. The molecule has 0 atom stereocenters. The van der Waals surface area contributed by atoms with Crippen LogP contribution in [0.2, 0.25) is 0 Å². The average molecular weight is 319 g/mol. The Labute approximate surface area is 128 Å². The summed E-state index contributed by atoms with van der Waals surface area (Å²) in [6.07, 6.45) is 3.04. The minimum Gasteiger partial charge on any atom is -0.343 e. The molecule has 0 bridgehead atoms. The second-order valence-electron chi connectivity index (χ2n) is 5.51. The Morgan fingerprint density at radius 1 is 1.24 bits per heavy atom. The van der Waals surface area contributed by atoms with E-state index in [1.165, 1.54) is 0 Å². The number of carbonyl (C=O) groups excluding carboxylic acids is 1. The van der Waals surface area contributed by atoms with Crippen LogP contribution in [0.25, 0.3) is 0 Å². The van der Waals surface area contributed by atoms with Gasteiger partial charge in [-0.3, -0.25) is 4.79 Å². The number of rotatable bonds is 9. The first-order valence-electron chi connectivity index (χ1n) is 7.94. The van der Waals surface area contributed by atoms with Crippen LogP contribution in [-0.4, -0.2) is 57.7 Å². The largest absolute Gasteiger partial charge is 0.343 e. The third-order valence-electron chi connectivity index (χ3n) is 4.03. The maximum absolute atomic E-state index is 11.9. The fourth-order valence-corrected chi connectivity index (χ4v) is 3.81. The molecule has 0 aromatic carbocycles. The van der Waals surface area contributed by atoms with Crippen molar-refractivity contribution in [2.24, 2.45) is 5.92 Å². The van der Waals surface area contributed by atoms with Gasteiger partial charge < -0.3 is 10.2 Å². The molecule has 1 amide bonds. The maximum atomic E-state index is 11.9. The van der Waals surface area contributed by atoms with Crippen LogP contribution in [0.5, 0.6) is 0 Å². The highest BCUT2D eigenvalue weighted by molar-refractivity contribution is 7.89. The lowest BCUT2D eigenvalue weighted by molar-refractivity contribution is -0.130. The Balaban J connectivity index is 2.24. The number of sulfonamides is 1. The first-order valence-corrected chi connectivity index (χ1v) is 9.59. The second kappa shape index (κ2) is 9.38. The molecule has 1 fully saturated rings. The smallest absolute Gasteiger partial charge is 0.223 e. The predicted octanol–water partition coefficient (Wildman–Crippen LogP) is 0.554. The Kier molecular flexibility index (Phi) is 8.21. The first kappa shape index (κ1) is 18.4. The minimum absolute atomic E-state index is 0.000977. The summed E-state index contributed by atoms with van der Waals surface area (Å²) in [6, 6.07) is 0.